The minimum Gasteiger partial charge on any atom is -0.331 e. The van der Waals surface area contributed by atoms with Gasteiger partial charge in [0.25, 0.3) is 11.8 Å². The van der Waals surface area contributed by atoms with Crippen molar-refractivity contribution in [2.45, 2.75) is 0 Å². The van der Waals surface area contributed by atoms with E-state index in [-0.39, 0.29) is 17.8 Å². The van der Waals surface area contributed by atoms with E-state index in [1.165, 1.54) is 0 Å². The minimum absolute atomic E-state index is 0.237. The number of anilines is 2. The number of amides is 2. The Bertz CT molecular complexity index is 1410. The van der Waals surface area contributed by atoms with Crippen molar-refractivity contribution in [3.05, 3.63) is 90.4 Å². The van der Waals surface area contributed by atoms with Crippen LogP contribution in [0, 0.1) is 0 Å². The molecule has 0 bridgehead atoms. The van der Waals surface area contributed by atoms with Gasteiger partial charge < -0.3 is 9.97 Å². The molecule has 156 valence electrons. The predicted molar refractivity (Wildman–Crippen MR) is 120 cm³/mol. The monoisotopic (exact) mass is 423 g/mol. The molecule has 0 spiro atoms. The second-order valence-corrected chi connectivity index (χ2v) is 6.93. The number of nitrogens with zero attached hydrogens (tertiary/aromatic N) is 3. The molecule has 0 aliphatic heterocycles. The quantitative estimate of drug-likeness (QED) is 0.341. The van der Waals surface area contributed by atoms with E-state index in [0.29, 0.717) is 33.8 Å². The number of rotatable bonds is 5. The third kappa shape index (κ3) is 3.82. The van der Waals surface area contributed by atoms with Crippen LogP contribution < -0.4 is 10.6 Å². The summed E-state index contributed by atoms with van der Waals surface area (Å²) < 4.78 is 0. The largest absolute Gasteiger partial charge is 0.331 e. The third-order valence-electron chi connectivity index (χ3n) is 4.81. The SMILES string of the molecule is O=C(Nc1nc2c(C(=O)Nc3ncc[nH]3)cccc2[nH]1)c1ccnc(-c2ccccc2)c1. The zero-order valence-electron chi connectivity index (χ0n) is 16.7. The number of benzene rings is 2. The van der Waals surface area contributed by atoms with Crippen LogP contribution in [0.4, 0.5) is 11.9 Å². The van der Waals surface area contributed by atoms with Gasteiger partial charge in [0.05, 0.1) is 16.8 Å². The van der Waals surface area contributed by atoms with Crippen LogP contribution in [0.5, 0.6) is 0 Å². The highest BCUT2D eigenvalue weighted by molar-refractivity contribution is 6.11. The van der Waals surface area contributed by atoms with Crippen LogP contribution in [0.2, 0.25) is 0 Å². The normalized spacial score (nSPS) is 10.8. The van der Waals surface area contributed by atoms with Crippen LogP contribution in [0.15, 0.2) is 79.3 Å². The van der Waals surface area contributed by atoms with Crippen LogP contribution >= 0.6 is 0 Å². The van der Waals surface area contributed by atoms with Gasteiger partial charge in [-0.2, -0.15) is 0 Å². The zero-order chi connectivity index (χ0) is 21.9. The molecule has 3 heterocycles. The molecule has 2 aromatic carbocycles. The molecule has 0 unspecified atom stereocenters. The highest BCUT2D eigenvalue weighted by atomic mass is 16.2. The van der Waals surface area contributed by atoms with Crippen molar-refractivity contribution < 1.29 is 9.59 Å². The Morgan fingerprint density at radius 2 is 1.66 bits per heavy atom. The topological polar surface area (TPSA) is 128 Å². The van der Waals surface area contributed by atoms with Gasteiger partial charge in [0.15, 0.2) is 0 Å². The molecule has 4 N–H and O–H groups in total. The van der Waals surface area contributed by atoms with Gasteiger partial charge in [0.1, 0.15) is 5.52 Å². The van der Waals surface area contributed by atoms with Crippen molar-refractivity contribution in [2.75, 3.05) is 10.6 Å². The molecular formula is C23H17N7O2. The van der Waals surface area contributed by atoms with Gasteiger partial charge in [-0.3, -0.25) is 25.2 Å². The van der Waals surface area contributed by atoms with Gasteiger partial charge in [0.2, 0.25) is 11.9 Å². The summed E-state index contributed by atoms with van der Waals surface area (Å²) in [5, 5.41) is 5.43. The van der Waals surface area contributed by atoms with Crippen LogP contribution in [-0.2, 0) is 0 Å². The summed E-state index contributed by atoms with van der Waals surface area (Å²) in [6.07, 6.45) is 4.74. The molecule has 0 fully saturated rings. The van der Waals surface area contributed by atoms with Crippen molar-refractivity contribution in [3.63, 3.8) is 0 Å². The summed E-state index contributed by atoms with van der Waals surface area (Å²) in [6, 6.07) is 18.1. The highest BCUT2D eigenvalue weighted by Crippen LogP contribution is 2.21. The number of pyridine rings is 1. The maximum absolute atomic E-state index is 12.8. The lowest BCUT2D eigenvalue weighted by Crippen LogP contribution is -2.14. The summed E-state index contributed by atoms with van der Waals surface area (Å²) in [4.78, 5) is 44.0. The van der Waals surface area contributed by atoms with Gasteiger partial charge in [-0.15, -0.1) is 0 Å². The smallest absolute Gasteiger partial charge is 0.260 e. The van der Waals surface area contributed by atoms with E-state index < -0.39 is 0 Å². The number of carbonyl (C=O) groups is 2. The van der Waals surface area contributed by atoms with Gasteiger partial charge in [-0.1, -0.05) is 36.4 Å². The highest BCUT2D eigenvalue weighted by Gasteiger charge is 2.16. The molecule has 9 heteroatoms. The number of nitrogens with one attached hydrogen (secondary N) is 4. The number of imidazole rings is 2. The van der Waals surface area contributed by atoms with E-state index >= 15 is 0 Å². The lowest BCUT2D eigenvalue weighted by Gasteiger charge is -2.05. The van der Waals surface area contributed by atoms with Crippen molar-refractivity contribution >= 4 is 34.7 Å². The molecule has 0 saturated carbocycles. The van der Waals surface area contributed by atoms with E-state index in [1.54, 1.807) is 48.9 Å². The molecule has 32 heavy (non-hydrogen) atoms. The number of aromatic amines is 2. The Morgan fingerprint density at radius 1 is 0.812 bits per heavy atom. The number of hydrogen-bond donors (Lipinski definition) is 4. The second kappa shape index (κ2) is 8.15. The molecule has 2 amide bonds. The fourth-order valence-electron chi connectivity index (χ4n) is 3.30. The molecule has 3 aromatic heterocycles. The van der Waals surface area contributed by atoms with E-state index in [1.807, 2.05) is 30.3 Å². The molecule has 5 rings (SSSR count). The van der Waals surface area contributed by atoms with Crippen molar-refractivity contribution in [1.82, 2.24) is 24.9 Å². The van der Waals surface area contributed by atoms with E-state index in [2.05, 4.69) is 35.6 Å². The first-order valence-electron chi connectivity index (χ1n) is 9.80. The first-order chi connectivity index (χ1) is 15.7. The maximum Gasteiger partial charge on any atom is 0.260 e. The first-order valence-corrected chi connectivity index (χ1v) is 9.80. The molecule has 5 aromatic rings. The van der Waals surface area contributed by atoms with Crippen LogP contribution in [0.3, 0.4) is 0 Å². The summed E-state index contributed by atoms with van der Waals surface area (Å²) in [6.45, 7) is 0. The first kappa shape index (κ1) is 19.2. The number of hydrogen-bond acceptors (Lipinski definition) is 5. The van der Waals surface area contributed by atoms with Crippen molar-refractivity contribution in [1.29, 1.82) is 0 Å². The molecule has 0 atom stereocenters. The number of carbonyl (C=O) groups excluding carboxylic acids is 2. The van der Waals surface area contributed by atoms with Crippen LogP contribution in [0.25, 0.3) is 22.3 Å². The number of H-pyrrole nitrogens is 2. The summed E-state index contributed by atoms with van der Waals surface area (Å²) in [7, 11) is 0. The summed E-state index contributed by atoms with van der Waals surface area (Å²) >= 11 is 0. The van der Waals surface area contributed by atoms with E-state index in [9.17, 15) is 9.59 Å². The van der Waals surface area contributed by atoms with Gasteiger partial charge >= 0.3 is 0 Å². The Morgan fingerprint density at radius 3 is 2.47 bits per heavy atom. The molecule has 0 radical (unpaired) electrons. The van der Waals surface area contributed by atoms with Crippen LogP contribution in [-0.4, -0.2) is 36.7 Å². The fraction of sp³-hybridized carbons (Fsp3) is 0. The van der Waals surface area contributed by atoms with Gasteiger partial charge in [-0.05, 0) is 24.3 Å². The van der Waals surface area contributed by atoms with E-state index in [0.717, 1.165) is 5.56 Å². The second-order valence-electron chi connectivity index (χ2n) is 6.93. The lowest BCUT2D eigenvalue weighted by atomic mass is 10.1. The number of aromatic nitrogens is 5. The fourth-order valence-corrected chi connectivity index (χ4v) is 3.30. The Hall–Kier alpha value is -4.79. The predicted octanol–water partition coefficient (Wildman–Crippen LogP) is 3.85. The maximum atomic E-state index is 12.8. The van der Waals surface area contributed by atoms with Crippen molar-refractivity contribution in [2.24, 2.45) is 0 Å². The number of para-hydroxylation sites is 1. The average molecular weight is 423 g/mol. The Balaban J connectivity index is 1.39. The van der Waals surface area contributed by atoms with Crippen LogP contribution in [0.1, 0.15) is 20.7 Å². The third-order valence-corrected chi connectivity index (χ3v) is 4.81. The lowest BCUT2D eigenvalue weighted by molar-refractivity contribution is 0.101. The number of fused-ring (bicyclic) bond motifs is 1. The van der Waals surface area contributed by atoms with Crippen molar-refractivity contribution in [3.8, 4) is 11.3 Å². The minimum atomic E-state index is -0.364. The standard InChI is InChI=1S/C23H17N7O2/c31-20(15-9-10-24-18(13-15)14-5-2-1-3-6-14)29-23-27-17-8-4-7-16(19(17)28-23)21(32)30-22-25-11-12-26-22/h1-13H,(H2,25,26,30,32)(H2,27,28,29,31). The Kier molecular flexibility index (Phi) is 4.89. The van der Waals surface area contributed by atoms with Gasteiger partial charge in [0, 0.05) is 29.7 Å². The molecule has 9 nitrogen and oxygen atoms in total. The molecule has 0 aliphatic carbocycles. The molecular weight excluding hydrogens is 406 g/mol. The summed E-state index contributed by atoms with van der Waals surface area (Å²) in [5.41, 5.74) is 3.46. The molecule has 0 saturated heterocycles. The Labute approximate surface area is 182 Å². The van der Waals surface area contributed by atoms with Gasteiger partial charge in [-0.25, -0.2) is 9.97 Å². The zero-order valence-corrected chi connectivity index (χ0v) is 16.7. The molecule has 0 aliphatic rings. The average Bonchev–Trinajstić information content (AvgIpc) is 3.48. The summed E-state index contributed by atoms with van der Waals surface area (Å²) in [5.74, 6) is -0.133. The van der Waals surface area contributed by atoms with E-state index in [4.69, 9.17) is 0 Å².